The number of benzene rings is 1. The number of carbonyl (C=O) groups is 1. The Labute approximate surface area is 109 Å². The third-order valence-electron chi connectivity index (χ3n) is 3.36. The van der Waals surface area contributed by atoms with Crippen molar-refractivity contribution in [3.8, 4) is 5.75 Å². The quantitative estimate of drug-likeness (QED) is 0.841. The zero-order chi connectivity index (χ0) is 13.7. The molecular weight excluding hydrogens is 228 g/mol. The van der Waals surface area contributed by atoms with Gasteiger partial charge in [0, 0.05) is 0 Å². The van der Waals surface area contributed by atoms with Crippen molar-refractivity contribution in [1.29, 1.82) is 0 Å². The summed E-state index contributed by atoms with van der Waals surface area (Å²) in [5.41, 5.74) is 2.31. The Morgan fingerprint density at radius 1 is 1.33 bits per heavy atom. The number of carboxylic acid groups (broad SMARTS) is 1. The number of rotatable bonds is 6. The highest BCUT2D eigenvalue weighted by Crippen LogP contribution is 2.22. The molecule has 1 rings (SSSR count). The van der Waals surface area contributed by atoms with Crippen LogP contribution in [0.1, 0.15) is 31.4 Å². The van der Waals surface area contributed by atoms with Gasteiger partial charge in [-0.15, -0.1) is 0 Å². The molecule has 0 spiro atoms. The smallest absolute Gasteiger partial charge is 0.306 e. The summed E-state index contributed by atoms with van der Waals surface area (Å²) in [5.74, 6) is -0.0997. The van der Waals surface area contributed by atoms with Crippen molar-refractivity contribution in [2.75, 3.05) is 6.61 Å². The fourth-order valence-electron chi connectivity index (χ4n) is 1.92. The van der Waals surface area contributed by atoms with Gasteiger partial charge in [-0.1, -0.05) is 26.0 Å². The van der Waals surface area contributed by atoms with Crippen LogP contribution < -0.4 is 4.74 Å². The van der Waals surface area contributed by atoms with Gasteiger partial charge < -0.3 is 9.84 Å². The lowest BCUT2D eigenvalue weighted by Crippen LogP contribution is -2.22. The number of aliphatic carboxylic acids is 1. The Kier molecular flexibility index (Phi) is 5.20. The van der Waals surface area contributed by atoms with Crippen molar-refractivity contribution in [3.63, 3.8) is 0 Å². The van der Waals surface area contributed by atoms with Crippen molar-refractivity contribution in [2.24, 2.45) is 11.8 Å². The fraction of sp³-hybridized carbons (Fsp3) is 0.533. The molecule has 0 fully saturated rings. The van der Waals surface area contributed by atoms with Gasteiger partial charge >= 0.3 is 5.97 Å². The molecule has 0 aliphatic rings. The summed E-state index contributed by atoms with van der Waals surface area (Å²) >= 11 is 0. The summed E-state index contributed by atoms with van der Waals surface area (Å²) in [6.45, 7) is 8.35. The van der Waals surface area contributed by atoms with Gasteiger partial charge in [0.2, 0.25) is 0 Å². The molecule has 1 unspecified atom stereocenters. The lowest BCUT2D eigenvalue weighted by molar-refractivity contribution is -0.143. The molecule has 0 aliphatic carbocycles. The molecule has 18 heavy (non-hydrogen) atoms. The van der Waals surface area contributed by atoms with E-state index < -0.39 is 5.97 Å². The van der Waals surface area contributed by atoms with Crippen molar-refractivity contribution in [3.05, 3.63) is 29.3 Å². The van der Waals surface area contributed by atoms with Gasteiger partial charge in [-0.05, 0) is 43.4 Å². The van der Waals surface area contributed by atoms with Crippen LogP contribution in [0.2, 0.25) is 0 Å². The minimum atomic E-state index is -0.741. The maximum Gasteiger partial charge on any atom is 0.306 e. The largest absolute Gasteiger partial charge is 0.493 e. The second-order valence-corrected chi connectivity index (χ2v) is 5.02. The third-order valence-corrected chi connectivity index (χ3v) is 3.36. The van der Waals surface area contributed by atoms with E-state index >= 15 is 0 Å². The van der Waals surface area contributed by atoms with Gasteiger partial charge in [-0.25, -0.2) is 0 Å². The van der Waals surface area contributed by atoms with E-state index in [-0.39, 0.29) is 11.8 Å². The van der Waals surface area contributed by atoms with E-state index in [0.29, 0.717) is 13.0 Å². The van der Waals surface area contributed by atoms with E-state index in [1.165, 1.54) is 5.56 Å². The Bertz CT molecular complexity index is 410. The molecule has 0 amide bonds. The van der Waals surface area contributed by atoms with Crippen LogP contribution >= 0.6 is 0 Å². The summed E-state index contributed by atoms with van der Waals surface area (Å²) in [4.78, 5) is 11.0. The molecule has 1 atom stereocenters. The van der Waals surface area contributed by atoms with Gasteiger partial charge in [0.25, 0.3) is 0 Å². The van der Waals surface area contributed by atoms with Crippen LogP contribution in [-0.2, 0) is 4.79 Å². The maximum absolute atomic E-state index is 11.0. The second kappa shape index (κ2) is 6.43. The van der Waals surface area contributed by atoms with Crippen LogP contribution in [0.3, 0.4) is 0 Å². The first kappa shape index (κ1) is 14.6. The average Bonchev–Trinajstić information content (AvgIpc) is 2.28. The Balaban J connectivity index is 2.55. The SMILES string of the molecule is Cc1cccc(OCCC(C(=O)O)C(C)C)c1C. The highest BCUT2D eigenvalue weighted by molar-refractivity contribution is 5.70. The molecule has 1 aromatic rings. The summed E-state index contributed by atoms with van der Waals surface area (Å²) in [6, 6.07) is 5.92. The summed E-state index contributed by atoms with van der Waals surface area (Å²) in [6.07, 6.45) is 0.542. The third kappa shape index (κ3) is 3.76. The molecule has 0 bridgehead atoms. The van der Waals surface area contributed by atoms with E-state index in [2.05, 4.69) is 0 Å². The van der Waals surface area contributed by atoms with Crippen molar-refractivity contribution in [1.82, 2.24) is 0 Å². The van der Waals surface area contributed by atoms with Crippen molar-refractivity contribution >= 4 is 5.97 Å². The first-order valence-corrected chi connectivity index (χ1v) is 6.35. The highest BCUT2D eigenvalue weighted by atomic mass is 16.5. The van der Waals surface area contributed by atoms with Gasteiger partial charge in [-0.2, -0.15) is 0 Å². The monoisotopic (exact) mass is 250 g/mol. The number of aryl methyl sites for hydroxylation is 1. The standard InChI is InChI=1S/C15H22O3/c1-10(2)13(15(16)17)8-9-18-14-7-5-6-11(3)12(14)4/h5-7,10,13H,8-9H2,1-4H3,(H,16,17). The van der Waals surface area contributed by atoms with Crippen LogP contribution in [0.5, 0.6) is 5.75 Å². The molecule has 3 heteroatoms. The molecule has 3 nitrogen and oxygen atoms in total. The molecular formula is C15H22O3. The predicted octanol–water partition coefficient (Wildman–Crippen LogP) is 3.43. The topological polar surface area (TPSA) is 46.5 Å². The summed E-state index contributed by atoms with van der Waals surface area (Å²) in [5, 5.41) is 9.08. The van der Waals surface area contributed by atoms with Crippen LogP contribution in [0.4, 0.5) is 0 Å². The summed E-state index contributed by atoms with van der Waals surface area (Å²) < 4.78 is 5.69. The molecule has 0 heterocycles. The van der Waals surface area contributed by atoms with E-state index in [4.69, 9.17) is 9.84 Å². The molecule has 0 saturated heterocycles. The zero-order valence-corrected chi connectivity index (χ0v) is 11.6. The highest BCUT2D eigenvalue weighted by Gasteiger charge is 2.21. The van der Waals surface area contributed by atoms with Crippen molar-refractivity contribution < 1.29 is 14.6 Å². The Morgan fingerprint density at radius 2 is 2.00 bits per heavy atom. The molecule has 0 radical (unpaired) electrons. The van der Waals surface area contributed by atoms with Gasteiger partial charge in [0.1, 0.15) is 5.75 Å². The number of hydrogen-bond donors (Lipinski definition) is 1. The molecule has 1 aromatic carbocycles. The number of carboxylic acids is 1. The van der Waals surface area contributed by atoms with E-state index in [0.717, 1.165) is 11.3 Å². The zero-order valence-electron chi connectivity index (χ0n) is 11.6. The summed E-state index contributed by atoms with van der Waals surface area (Å²) in [7, 11) is 0. The molecule has 0 aromatic heterocycles. The minimum absolute atomic E-state index is 0.129. The predicted molar refractivity (Wildman–Crippen MR) is 72.0 cm³/mol. The van der Waals surface area contributed by atoms with Gasteiger partial charge in [0.05, 0.1) is 12.5 Å². The Morgan fingerprint density at radius 3 is 2.56 bits per heavy atom. The van der Waals surface area contributed by atoms with E-state index in [9.17, 15) is 4.79 Å². The minimum Gasteiger partial charge on any atom is -0.493 e. The molecule has 0 saturated carbocycles. The molecule has 100 valence electrons. The molecule has 1 N–H and O–H groups in total. The van der Waals surface area contributed by atoms with Gasteiger partial charge in [0.15, 0.2) is 0 Å². The lowest BCUT2D eigenvalue weighted by atomic mass is 9.93. The normalized spacial score (nSPS) is 12.5. The van der Waals surface area contributed by atoms with E-state index in [1.807, 2.05) is 45.9 Å². The number of ether oxygens (including phenoxy) is 1. The maximum atomic E-state index is 11.0. The fourth-order valence-corrected chi connectivity index (χ4v) is 1.92. The second-order valence-electron chi connectivity index (χ2n) is 5.02. The lowest BCUT2D eigenvalue weighted by Gasteiger charge is -2.17. The average molecular weight is 250 g/mol. The Hall–Kier alpha value is -1.51. The van der Waals surface area contributed by atoms with Crippen LogP contribution in [-0.4, -0.2) is 17.7 Å². The number of hydrogen-bond acceptors (Lipinski definition) is 2. The molecule has 0 aliphatic heterocycles. The van der Waals surface area contributed by atoms with Crippen LogP contribution in [0.25, 0.3) is 0 Å². The van der Waals surface area contributed by atoms with E-state index in [1.54, 1.807) is 0 Å². The van der Waals surface area contributed by atoms with Gasteiger partial charge in [-0.3, -0.25) is 4.79 Å². The first-order chi connectivity index (χ1) is 8.43. The first-order valence-electron chi connectivity index (χ1n) is 6.35. The van der Waals surface area contributed by atoms with Crippen molar-refractivity contribution in [2.45, 2.75) is 34.1 Å². The van der Waals surface area contributed by atoms with Crippen LogP contribution in [0, 0.1) is 25.7 Å². The van der Waals surface area contributed by atoms with Crippen LogP contribution in [0.15, 0.2) is 18.2 Å².